The van der Waals surface area contributed by atoms with Crippen molar-refractivity contribution in [3.63, 3.8) is 0 Å². The standard InChI is InChI=1S/C47H71N5O9/c1-46(2,3)60-40(53)26-25-38(44(57)61-47(4,5)6)52-45(58)51-37(43(56)59-36-16-8-7-9-17-36)18-12-13-27-49-42(55)39(50-41(54)34-23-19-31(30-48)20-24-34)29-32-21-22-33-14-10-11-15-35(33)28-32/h10-11,14-15,21-22,28,31,34,36-39H,7-9,12-13,16-20,23-27,29-30,48H2,1-6H3,(H,49,55)(H,50,54)(H2,51,52,58)/t31?,34?,37-,38-,39?/m0/s1. The third-order valence-electron chi connectivity index (χ3n) is 11.1. The Morgan fingerprint density at radius 3 is 1.98 bits per heavy atom. The number of nitrogens with one attached hydrogen (secondary N) is 4. The Bertz CT molecular complexity index is 1770. The molecule has 0 radical (unpaired) electrons. The van der Waals surface area contributed by atoms with Crippen molar-refractivity contribution in [2.45, 2.75) is 173 Å². The maximum atomic E-state index is 13.8. The van der Waals surface area contributed by atoms with Crippen LogP contribution in [0.2, 0.25) is 0 Å². The minimum absolute atomic E-state index is 0.0775. The second-order valence-corrected chi connectivity index (χ2v) is 18.8. The number of amides is 4. The fourth-order valence-electron chi connectivity index (χ4n) is 7.88. The average Bonchev–Trinajstić information content (AvgIpc) is 3.20. The van der Waals surface area contributed by atoms with Gasteiger partial charge in [0.2, 0.25) is 11.8 Å². The summed E-state index contributed by atoms with van der Waals surface area (Å²) in [5.74, 6) is -2.01. The lowest BCUT2D eigenvalue weighted by atomic mass is 9.81. The molecule has 2 aliphatic carbocycles. The van der Waals surface area contributed by atoms with E-state index in [9.17, 15) is 28.8 Å². The Hall–Kier alpha value is -4.72. The van der Waals surface area contributed by atoms with Crippen molar-refractivity contribution < 1.29 is 43.0 Å². The number of urea groups is 1. The third-order valence-corrected chi connectivity index (χ3v) is 11.1. The molecule has 0 aromatic heterocycles. The van der Waals surface area contributed by atoms with Crippen molar-refractivity contribution >= 4 is 46.5 Å². The largest absolute Gasteiger partial charge is 0.461 e. The first-order valence-electron chi connectivity index (χ1n) is 22.4. The van der Waals surface area contributed by atoms with E-state index in [0.717, 1.165) is 74.1 Å². The number of fused-ring (bicyclic) bond motifs is 1. The van der Waals surface area contributed by atoms with E-state index in [4.69, 9.17) is 19.9 Å². The minimum atomic E-state index is -1.19. The Balaban J connectivity index is 1.38. The van der Waals surface area contributed by atoms with E-state index in [1.54, 1.807) is 41.5 Å². The van der Waals surface area contributed by atoms with E-state index in [1.165, 1.54) is 0 Å². The van der Waals surface area contributed by atoms with Gasteiger partial charge < -0.3 is 41.2 Å². The summed E-state index contributed by atoms with van der Waals surface area (Å²) >= 11 is 0. The molecule has 4 amide bonds. The predicted octanol–water partition coefficient (Wildman–Crippen LogP) is 6.29. The molecule has 4 rings (SSSR count). The molecule has 0 saturated heterocycles. The van der Waals surface area contributed by atoms with E-state index < -0.39 is 53.3 Å². The highest BCUT2D eigenvalue weighted by atomic mass is 16.6. The van der Waals surface area contributed by atoms with E-state index in [-0.39, 0.29) is 49.6 Å². The SMILES string of the molecule is CC(C)(C)OC(=O)CC[C@H](NC(=O)N[C@@H](CCCCNC(=O)C(Cc1ccc2ccccc2c1)NC(=O)C1CCC(CN)CC1)C(=O)OC1CCCCC1)C(=O)OC(C)(C)C. The molecular weight excluding hydrogens is 779 g/mol. The number of carbonyl (C=O) groups is 6. The van der Waals surface area contributed by atoms with Gasteiger partial charge in [0.15, 0.2) is 0 Å². The van der Waals surface area contributed by atoms with Gasteiger partial charge in [0.1, 0.15) is 35.4 Å². The van der Waals surface area contributed by atoms with Crippen molar-refractivity contribution in [3.05, 3.63) is 48.0 Å². The van der Waals surface area contributed by atoms with Gasteiger partial charge in [-0.3, -0.25) is 14.4 Å². The highest BCUT2D eigenvalue weighted by molar-refractivity contribution is 5.90. The number of rotatable bonds is 19. The van der Waals surface area contributed by atoms with Crippen LogP contribution < -0.4 is 27.0 Å². The summed E-state index contributed by atoms with van der Waals surface area (Å²) < 4.78 is 16.8. The number of benzene rings is 2. The smallest absolute Gasteiger partial charge is 0.329 e. The zero-order chi connectivity index (χ0) is 44.6. The van der Waals surface area contributed by atoms with Crippen LogP contribution in [0, 0.1) is 11.8 Å². The second kappa shape index (κ2) is 23.5. The molecule has 14 heteroatoms. The molecule has 0 bridgehead atoms. The summed E-state index contributed by atoms with van der Waals surface area (Å²) in [6.07, 6.45) is 8.66. The van der Waals surface area contributed by atoms with Gasteiger partial charge in [0, 0.05) is 25.3 Å². The fourth-order valence-corrected chi connectivity index (χ4v) is 7.88. The summed E-state index contributed by atoms with van der Waals surface area (Å²) in [4.78, 5) is 79.9. The van der Waals surface area contributed by atoms with Crippen LogP contribution in [-0.2, 0) is 44.6 Å². The van der Waals surface area contributed by atoms with Gasteiger partial charge in [-0.05, 0) is 147 Å². The number of carbonyl (C=O) groups excluding carboxylic acids is 6. The summed E-state index contributed by atoms with van der Waals surface area (Å²) in [6, 6.07) is 10.2. The van der Waals surface area contributed by atoms with Crippen LogP contribution in [-0.4, -0.2) is 84.3 Å². The third kappa shape index (κ3) is 17.7. The summed E-state index contributed by atoms with van der Waals surface area (Å²) in [6.45, 7) is 11.2. The number of ether oxygens (including phenoxy) is 3. The van der Waals surface area contributed by atoms with Gasteiger partial charge in [-0.1, -0.05) is 48.9 Å². The van der Waals surface area contributed by atoms with E-state index in [0.29, 0.717) is 31.7 Å². The summed E-state index contributed by atoms with van der Waals surface area (Å²) in [5.41, 5.74) is 5.23. The molecule has 2 aromatic carbocycles. The molecule has 0 aliphatic heterocycles. The van der Waals surface area contributed by atoms with Crippen LogP contribution in [0.5, 0.6) is 0 Å². The van der Waals surface area contributed by atoms with Gasteiger partial charge >= 0.3 is 23.9 Å². The lowest BCUT2D eigenvalue weighted by molar-refractivity contribution is -0.158. The molecule has 1 unspecified atom stereocenters. The van der Waals surface area contributed by atoms with Gasteiger partial charge in [-0.25, -0.2) is 14.4 Å². The van der Waals surface area contributed by atoms with Gasteiger partial charge in [-0.2, -0.15) is 0 Å². The Labute approximate surface area is 361 Å². The molecule has 2 aromatic rings. The number of unbranched alkanes of at least 4 members (excludes halogenated alkanes) is 1. The van der Waals surface area contributed by atoms with Gasteiger partial charge in [0.25, 0.3) is 0 Å². The minimum Gasteiger partial charge on any atom is -0.461 e. The zero-order valence-electron chi connectivity index (χ0n) is 37.3. The first-order valence-corrected chi connectivity index (χ1v) is 22.4. The van der Waals surface area contributed by atoms with Crippen LogP contribution in [0.25, 0.3) is 10.8 Å². The molecule has 3 atom stereocenters. The van der Waals surface area contributed by atoms with Crippen molar-refractivity contribution in [3.8, 4) is 0 Å². The second-order valence-electron chi connectivity index (χ2n) is 18.8. The number of esters is 3. The predicted molar refractivity (Wildman–Crippen MR) is 234 cm³/mol. The van der Waals surface area contributed by atoms with Crippen LogP contribution in [0.1, 0.15) is 137 Å². The van der Waals surface area contributed by atoms with Crippen molar-refractivity contribution in [1.82, 2.24) is 21.3 Å². The first-order chi connectivity index (χ1) is 28.9. The highest BCUT2D eigenvalue weighted by Gasteiger charge is 2.32. The zero-order valence-corrected chi connectivity index (χ0v) is 37.3. The van der Waals surface area contributed by atoms with Crippen LogP contribution in [0.3, 0.4) is 0 Å². The van der Waals surface area contributed by atoms with E-state index in [2.05, 4.69) is 21.3 Å². The molecule has 61 heavy (non-hydrogen) atoms. The lowest BCUT2D eigenvalue weighted by Gasteiger charge is -2.28. The molecule has 2 saturated carbocycles. The highest BCUT2D eigenvalue weighted by Crippen LogP contribution is 2.28. The maximum absolute atomic E-state index is 13.8. The van der Waals surface area contributed by atoms with Crippen LogP contribution >= 0.6 is 0 Å². The topological polar surface area (TPSA) is 204 Å². The summed E-state index contributed by atoms with van der Waals surface area (Å²) in [5, 5.41) is 13.5. The Morgan fingerprint density at radius 1 is 0.705 bits per heavy atom. The number of nitrogens with two attached hydrogens (primary N) is 1. The molecule has 0 heterocycles. The monoisotopic (exact) mass is 850 g/mol. The van der Waals surface area contributed by atoms with Crippen LogP contribution in [0.15, 0.2) is 42.5 Å². The van der Waals surface area contributed by atoms with Gasteiger partial charge in [-0.15, -0.1) is 0 Å². The quantitative estimate of drug-likeness (QED) is 0.0607. The molecule has 338 valence electrons. The number of hydrogen-bond acceptors (Lipinski definition) is 10. The Morgan fingerprint density at radius 2 is 1.34 bits per heavy atom. The lowest BCUT2D eigenvalue weighted by Crippen LogP contribution is -2.53. The molecule has 6 N–H and O–H groups in total. The molecule has 2 fully saturated rings. The fraction of sp³-hybridized carbons (Fsp3) is 0.660. The van der Waals surface area contributed by atoms with Crippen molar-refractivity contribution in [1.29, 1.82) is 0 Å². The molecule has 0 spiro atoms. The Kier molecular flexibility index (Phi) is 18.8. The van der Waals surface area contributed by atoms with Gasteiger partial charge in [0.05, 0.1) is 0 Å². The molecule has 2 aliphatic rings. The maximum Gasteiger partial charge on any atom is 0.329 e. The normalized spacial score (nSPS) is 18.8. The average molecular weight is 850 g/mol. The number of hydrogen-bond donors (Lipinski definition) is 5. The van der Waals surface area contributed by atoms with Crippen molar-refractivity contribution in [2.24, 2.45) is 17.6 Å². The van der Waals surface area contributed by atoms with E-state index in [1.807, 2.05) is 42.5 Å². The van der Waals surface area contributed by atoms with Crippen molar-refractivity contribution in [2.75, 3.05) is 13.1 Å². The summed E-state index contributed by atoms with van der Waals surface area (Å²) in [7, 11) is 0. The van der Waals surface area contributed by atoms with Crippen LogP contribution in [0.4, 0.5) is 4.79 Å². The molecule has 14 nitrogen and oxygen atoms in total. The molecular formula is C47H71N5O9. The van der Waals surface area contributed by atoms with E-state index >= 15 is 0 Å². The first kappa shape index (κ1) is 48.9.